The van der Waals surface area contributed by atoms with Crippen molar-refractivity contribution < 1.29 is 14.7 Å². The molecule has 0 unspecified atom stereocenters. The number of amides is 1. The Balaban J connectivity index is 1.94. The summed E-state index contributed by atoms with van der Waals surface area (Å²) in [5.74, 6) is -1.35. The lowest BCUT2D eigenvalue weighted by molar-refractivity contribution is -0.117. The van der Waals surface area contributed by atoms with Gasteiger partial charge in [-0.05, 0) is 29.3 Å². The summed E-state index contributed by atoms with van der Waals surface area (Å²) in [6, 6.07) is 15.6. The third kappa shape index (κ3) is 4.21. The molecule has 112 valence electrons. The summed E-state index contributed by atoms with van der Waals surface area (Å²) in [5.41, 5.74) is 7.72. The van der Waals surface area contributed by atoms with Crippen molar-refractivity contribution in [2.24, 2.45) is 5.73 Å². The predicted octanol–water partition coefficient (Wildman–Crippen LogP) is 2.00. The summed E-state index contributed by atoms with van der Waals surface area (Å²) in [7, 11) is 0. The Morgan fingerprint density at radius 3 is 2.27 bits per heavy atom. The number of aromatic carboxylic acids is 1. The van der Waals surface area contributed by atoms with E-state index in [0.29, 0.717) is 0 Å². The van der Waals surface area contributed by atoms with Gasteiger partial charge in [0.1, 0.15) is 0 Å². The first kappa shape index (κ1) is 15.3. The van der Waals surface area contributed by atoms with Gasteiger partial charge in [-0.1, -0.05) is 42.5 Å². The molecule has 1 amide bonds. The van der Waals surface area contributed by atoms with Gasteiger partial charge in [0.25, 0.3) is 5.91 Å². The van der Waals surface area contributed by atoms with Crippen molar-refractivity contribution in [2.45, 2.75) is 6.54 Å². The lowest BCUT2D eigenvalue weighted by atomic mass is 10.1. The van der Waals surface area contributed by atoms with Crippen LogP contribution in [0.25, 0.3) is 6.08 Å². The Bertz CT molecular complexity index is 692. The molecule has 0 aromatic heterocycles. The first-order valence-corrected chi connectivity index (χ1v) is 6.69. The molecule has 22 heavy (non-hydrogen) atoms. The summed E-state index contributed by atoms with van der Waals surface area (Å²) < 4.78 is 0. The summed E-state index contributed by atoms with van der Waals surface area (Å²) in [6.45, 7) is 0.280. The van der Waals surface area contributed by atoms with E-state index >= 15 is 0 Å². The van der Waals surface area contributed by atoms with Crippen LogP contribution in [-0.4, -0.2) is 17.0 Å². The van der Waals surface area contributed by atoms with Crippen molar-refractivity contribution in [3.8, 4) is 0 Å². The standard InChI is InChI=1S/C17H16N2O3/c18-15(10-12-4-2-1-3-5-12)16(20)19-11-13-6-8-14(9-7-13)17(21)22/h1-10H,11,18H2,(H,19,20)(H,21,22). The van der Waals surface area contributed by atoms with Crippen LogP contribution in [0, 0.1) is 0 Å². The summed E-state index contributed by atoms with van der Waals surface area (Å²) in [6.07, 6.45) is 1.60. The summed E-state index contributed by atoms with van der Waals surface area (Å²) in [5, 5.41) is 11.5. The number of benzene rings is 2. The van der Waals surface area contributed by atoms with Gasteiger partial charge >= 0.3 is 5.97 Å². The molecule has 5 nitrogen and oxygen atoms in total. The third-order valence-corrected chi connectivity index (χ3v) is 3.04. The number of hydrogen-bond donors (Lipinski definition) is 3. The molecule has 0 radical (unpaired) electrons. The van der Waals surface area contributed by atoms with Gasteiger partial charge in [0, 0.05) is 6.54 Å². The van der Waals surface area contributed by atoms with Crippen LogP contribution >= 0.6 is 0 Å². The number of carbonyl (C=O) groups excluding carboxylic acids is 1. The number of rotatable bonds is 5. The van der Waals surface area contributed by atoms with Crippen LogP contribution in [0.4, 0.5) is 0 Å². The molecule has 0 bridgehead atoms. The Hall–Kier alpha value is -3.08. The quantitative estimate of drug-likeness (QED) is 0.736. The van der Waals surface area contributed by atoms with Crippen molar-refractivity contribution in [1.82, 2.24) is 5.32 Å². The second-order valence-corrected chi connectivity index (χ2v) is 4.70. The molecule has 0 fully saturated rings. The zero-order chi connectivity index (χ0) is 15.9. The second-order valence-electron chi connectivity index (χ2n) is 4.70. The van der Waals surface area contributed by atoms with E-state index in [4.69, 9.17) is 10.8 Å². The van der Waals surface area contributed by atoms with Gasteiger partial charge in [0.2, 0.25) is 0 Å². The molecule has 2 aromatic rings. The first-order valence-electron chi connectivity index (χ1n) is 6.69. The van der Waals surface area contributed by atoms with Crippen LogP contribution in [0.15, 0.2) is 60.3 Å². The van der Waals surface area contributed by atoms with Crippen molar-refractivity contribution in [3.05, 3.63) is 77.0 Å². The van der Waals surface area contributed by atoms with E-state index in [2.05, 4.69) is 5.32 Å². The molecule has 0 heterocycles. The Morgan fingerprint density at radius 2 is 1.68 bits per heavy atom. The minimum absolute atomic E-state index is 0.119. The second kappa shape index (κ2) is 7.08. The minimum atomic E-state index is -0.981. The highest BCUT2D eigenvalue weighted by Crippen LogP contribution is 2.06. The molecule has 0 aliphatic carbocycles. The molecule has 0 spiro atoms. The van der Waals surface area contributed by atoms with E-state index in [0.717, 1.165) is 11.1 Å². The lowest BCUT2D eigenvalue weighted by Crippen LogP contribution is -2.28. The topological polar surface area (TPSA) is 92.4 Å². The molecule has 0 saturated heterocycles. The Labute approximate surface area is 128 Å². The fourth-order valence-electron chi connectivity index (χ4n) is 1.84. The molecule has 0 saturated carbocycles. The zero-order valence-corrected chi connectivity index (χ0v) is 11.8. The molecule has 2 rings (SSSR count). The number of carboxylic acids is 1. The van der Waals surface area contributed by atoms with Gasteiger partial charge in [-0.25, -0.2) is 4.79 Å². The summed E-state index contributed by atoms with van der Waals surface area (Å²) >= 11 is 0. The van der Waals surface area contributed by atoms with Crippen LogP contribution in [0.5, 0.6) is 0 Å². The molecule has 0 aliphatic rings. The predicted molar refractivity (Wildman–Crippen MR) is 83.9 cm³/mol. The first-order chi connectivity index (χ1) is 10.6. The van der Waals surface area contributed by atoms with Crippen LogP contribution in [0.2, 0.25) is 0 Å². The van der Waals surface area contributed by atoms with E-state index < -0.39 is 5.97 Å². The van der Waals surface area contributed by atoms with Crippen molar-refractivity contribution >= 4 is 18.0 Å². The van der Waals surface area contributed by atoms with Gasteiger partial charge in [0.15, 0.2) is 0 Å². The maximum absolute atomic E-state index is 11.9. The number of carboxylic acid groups (broad SMARTS) is 1. The minimum Gasteiger partial charge on any atom is -0.478 e. The Morgan fingerprint density at radius 1 is 1.05 bits per heavy atom. The van der Waals surface area contributed by atoms with Gasteiger partial charge in [-0.15, -0.1) is 0 Å². The highest BCUT2D eigenvalue weighted by molar-refractivity contribution is 5.96. The molecule has 5 heteroatoms. The maximum Gasteiger partial charge on any atom is 0.335 e. The number of nitrogens with one attached hydrogen (secondary N) is 1. The highest BCUT2D eigenvalue weighted by atomic mass is 16.4. The average molecular weight is 296 g/mol. The van der Waals surface area contributed by atoms with Crippen molar-refractivity contribution in [2.75, 3.05) is 0 Å². The molecular formula is C17H16N2O3. The van der Waals surface area contributed by atoms with Crippen LogP contribution in [0.1, 0.15) is 21.5 Å². The van der Waals surface area contributed by atoms with E-state index in [1.54, 1.807) is 18.2 Å². The highest BCUT2D eigenvalue weighted by Gasteiger charge is 2.06. The average Bonchev–Trinajstić information content (AvgIpc) is 2.53. The largest absolute Gasteiger partial charge is 0.478 e. The fourth-order valence-corrected chi connectivity index (χ4v) is 1.84. The number of hydrogen-bond acceptors (Lipinski definition) is 3. The third-order valence-electron chi connectivity index (χ3n) is 3.04. The van der Waals surface area contributed by atoms with Crippen molar-refractivity contribution in [3.63, 3.8) is 0 Å². The number of nitrogens with two attached hydrogens (primary N) is 1. The van der Waals surface area contributed by atoms with Crippen LogP contribution in [-0.2, 0) is 11.3 Å². The van der Waals surface area contributed by atoms with E-state index in [1.165, 1.54) is 12.1 Å². The molecule has 0 atom stereocenters. The van der Waals surface area contributed by atoms with Gasteiger partial charge < -0.3 is 16.2 Å². The van der Waals surface area contributed by atoms with Crippen LogP contribution in [0.3, 0.4) is 0 Å². The van der Waals surface area contributed by atoms with E-state index in [-0.39, 0.29) is 23.7 Å². The monoisotopic (exact) mass is 296 g/mol. The fraction of sp³-hybridized carbons (Fsp3) is 0.0588. The zero-order valence-electron chi connectivity index (χ0n) is 11.8. The number of carbonyl (C=O) groups is 2. The van der Waals surface area contributed by atoms with Crippen molar-refractivity contribution in [1.29, 1.82) is 0 Å². The van der Waals surface area contributed by atoms with E-state index in [9.17, 15) is 9.59 Å². The molecular weight excluding hydrogens is 280 g/mol. The van der Waals surface area contributed by atoms with Crippen LogP contribution < -0.4 is 11.1 Å². The normalized spacial score (nSPS) is 11.0. The maximum atomic E-state index is 11.9. The van der Waals surface area contributed by atoms with E-state index in [1.807, 2.05) is 30.3 Å². The van der Waals surface area contributed by atoms with Gasteiger partial charge in [-0.3, -0.25) is 4.79 Å². The molecule has 0 aliphatic heterocycles. The van der Waals surface area contributed by atoms with Gasteiger partial charge in [0.05, 0.1) is 11.3 Å². The Kier molecular flexibility index (Phi) is 4.93. The smallest absolute Gasteiger partial charge is 0.335 e. The SMILES string of the molecule is NC(=Cc1ccccc1)C(=O)NCc1ccc(C(=O)O)cc1. The lowest BCUT2D eigenvalue weighted by Gasteiger charge is -2.06. The molecule has 4 N–H and O–H groups in total. The summed E-state index contributed by atoms with van der Waals surface area (Å²) in [4.78, 5) is 22.6. The molecule has 2 aromatic carbocycles. The van der Waals surface area contributed by atoms with Gasteiger partial charge in [-0.2, -0.15) is 0 Å².